The molecule has 1 aromatic carbocycles. The van der Waals surface area contributed by atoms with Gasteiger partial charge in [-0.15, -0.1) is 6.58 Å². The Morgan fingerprint density at radius 1 is 1.25 bits per heavy atom. The predicted octanol–water partition coefficient (Wildman–Crippen LogP) is 0.250. The van der Waals surface area contributed by atoms with Crippen molar-refractivity contribution in [1.82, 2.24) is 4.90 Å². The second kappa shape index (κ2) is 8.47. The van der Waals surface area contributed by atoms with E-state index in [9.17, 15) is 39.9 Å². The lowest BCUT2D eigenvalue weighted by atomic mass is 9.55. The fraction of sp³-hybridized carbons (Fsp3) is 0.400. The SMILES string of the molecule is C=CCNc1ccc2c(c1O)C(=O)C1=C(O)[C@]3(O)C(=O)C(C(N)=O)=C(O)[C@@H](N(C)C)[C@H]3[C@@H](O)[C@@H]1[C@H]2C. The topological polar surface area (TPSA) is 194 Å². The second-order valence-electron chi connectivity index (χ2n) is 9.65. The lowest BCUT2D eigenvalue weighted by Gasteiger charge is -2.53. The molecule has 0 aromatic heterocycles. The number of aliphatic hydroxyl groups is 4. The Labute approximate surface area is 206 Å². The number of likely N-dealkylation sites (N-methyl/N-ethyl adjacent to an activating group) is 1. The van der Waals surface area contributed by atoms with Crippen LogP contribution in [0.3, 0.4) is 0 Å². The molecule has 192 valence electrons. The number of phenolic OH excluding ortho intramolecular Hbond substituents is 1. The van der Waals surface area contributed by atoms with Crippen LogP contribution >= 0.6 is 0 Å². The van der Waals surface area contributed by atoms with Crippen molar-refractivity contribution in [1.29, 1.82) is 0 Å². The van der Waals surface area contributed by atoms with Gasteiger partial charge in [-0.05, 0) is 31.6 Å². The Morgan fingerprint density at radius 2 is 1.89 bits per heavy atom. The van der Waals surface area contributed by atoms with E-state index in [-0.39, 0.29) is 11.3 Å². The lowest BCUT2D eigenvalue weighted by molar-refractivity contribution is -0.162. The molecule has 0 fully saturated rings. The standard InChI is InChI=1S/C25H29N3O8/c1-5-8-27-11-7-6-10-9(2)12-14(19(30)13(10)18(11)29)22(33)25(36)16(20(12)31)17(28(3)4)21(32)15(23(25)34)24(26)35/h5-7,9,12,16-17,20,27,29,31-33,36H,1,8H2,2-4H3,(H2,26,35)/t9-,12+,16-,17-,20-,25-/m0/s1. The fourth-order valence-electron chi connectivity index (χ4n) is 5.95. The summed E-state index contributed by atoms with van der Waals surface area (Å²) in [6.45, 7) is 5.55. The van der Waals surface area contributed by atoms with Crippen molar-refractivity contribution in [3.8, 4) is 5.75 Å². The maximum absolute atomic E-state index is 13.7. The molecular formula is C25H29N3O8. The molecule has 11 heteroatoms. The number of rotatable bonds is 5. The first-order valence-electron chi connectivity index (χ1n) is 11.4. The number of phenols is 1. The zero-order valence-electron chi connectivity index (χ0n) is 20.0. The Kier molecular flexibility index (Phi) is 5.98. The lowest BCUT2D eigenvalue weighted by Crippen LogP contribution is -2.68. The summed E-state index contributed by atoms with van der Waals surface area (Å²) in [7, 11) is 2.97. The molecule has 0 unspecified atom stereocenters. The first-order valence-corrected chi connectivity index (χ1v) is 11.4. The fourth-order valence-corrected chi connectivity index (χ4v) is 5.95. The van der Waals surface area contributed by atoms with E-state index in [0.717, 1.165) is 0 Å². The highest BCUT2D eigenvalue weighted by atomic mass is 16.4. The number of carbonyl (C=O) groups is 3. The normalized spacial score (nSPS) is 31.7. The van der Waals surface area contributed by atoms with E-state index in [4.69, 9.17) is 5.73 Å². The van der Waals surface area contributed by atoms with Crippen LogP contribution in [0.15, 0.2) is 47.5 Å². The minimum Gasteiger partial charge on any atom is -0.510 e. The zero-order chi connectivity index (χ0) is 26.9. The Bertz CT molecular complexity index is 1270. The van der Waals surface area contributed by atoms with Gasteiger partial charge in [-0.1, -0.05) is 19.1 Å². The number of primary amides is 1. The maximum Gasteiger partial charge on any atom is 0.255 e. The molecule has 0 saturated heterocycles. The molecule has 0 aliphatic heterocycles. The van der Waals surface area contributed by atoms with Gasteiger partial charge >= 0.3 is 0 Å². The quantitative estimate of drug-likeness (QED) is 0.168. The predicted molar refractivity (Wildman–Crippen MR) is 128 cm³/mol. The van der Waals surface area contributed by atoms with Crippen molar-refractivity contribution in [3.63, 3.8) is 0 Å². The van der Waals surface area contributed by atoms with Crippen molar-refractivity contribution in [2.75, 3.05) is 26.0 Å². The summed E-state index contributed by atoms with van der Waals surface area (Å²) >= 11 is 0. The van der Waals surface area contributed by atoms with Gasteiger partial charge in [0, 0.05) is 18.0 Å². The van der Waals surface area contributed by atoms with E-state index in [1.165, 1.54) is 19.0 Å². The molecule has 1 amide bonds. The Balaban J connectivity index is 2.00. The molecule has 1 aromatic rings. The number of carbonyl (C=O) groups excluding carboxylic acids is 3. The van der Waals surface area contributed by atoms with Gasteiger partial charge in [0.25, 0.3) is 5.91 Å². The van der Waals surface area contributed by atoms with Crippen molar-refractivity contribution < 1.29 is 39.9 Å². The number of amides is 1. The number of aliphatic hydroxyl groups excluding tert-OH is 3. The number of hydrogen-bond acceptors (Lipinski definition) is 10. The molecule has 0 bridgehead atoms. The average molecular weight is 500 g/mol. The molecule has 0 heterocycles. The smallest absolute Gasteiger partial charge is 0.255 e. The third-order valence-corrected chi connectivity index (χ3v) is 7.57. The zero-order valence-corrected chi connectivity index (χ0v) is 20.0. The number of hydrogen-bond donors (Lipinski definition) is 7. The molecule has 8 N–H and O–H groups in total. The first-order chi connectivity index (χ1) is 16.8. The Morgan fingerprint density at radius 3 is 2.44 bits per heavy atom. The van der Waals surface area contributed by atoms with Gasteiger partial charge in [0.05, 0.1) is 29.3 Å². The van der Waals surface area contributed by atoms with E-state index >= 15 is 0 Å². The number of nitrogens with two attached hydrogens (primary N) is 1. The van der Waals surface area contributed by atoms with Gasteiger partial charge in [0.2, 0.25) is 5.78 Å². The van der Waals surface area contributed by atoms with Crippen molar-refractivity contribution in [2.24, 2.45) is 17.6 Å². The van der Waals surface area contributed by atoms with Crippen molar-refractivity contribution >= 4 is 23.2 Å². The highest BCUT2D eigenvalue weighted by molar-refractivity contribution is 6.25. The van der Waals surface area contributed by atoms with E-state index < -0.39 is 81.4 Å². The highest BCUT2D eigenvalue weighted by Gasteiger charge is 2.67. The van der Waals surface area contributed by atoms with Gasteiger partial charge in [-0.3, -0.25) is 19.3 Å². The van der Waals surface area contributed by atoms with E-state index in [1.807, 2.05) is 0 Å². The molecule has 0 saturated carbocycles. The molecule has 36 heavy (non-hydrogen) atoms. The number of anilines is 1. The van der Waals surface area contributed by atoms with Crippen LogP contribution < -0.4 is 11.1 Å². The van der Waals surface area contributed by atoms with E-state index in [1.54, 1.807) is 25.1 Å². The van der Waals surface area contributed by atoms with Crippen LogP contribution in [-0.2, 0) is 9.59 Å². The molecule has 4 rings (SSSR count). The monoisotopic (exact) mass is 499 g/mol. The van der Waals surface area contributed by atoms with Crippen LogP contribution in [0.4, 0.5) is 5.69 Å². The van der Waals surface area contributed by atoms with Crippen LogP contribution in [0.1, 0.15) is 28.8 Å². The molecule has 3 aliphatic carbocycles. The summed E-state index contributed by atoms with van der Waals surface area (Å²) in [5.74, 6) is -9.13. The van der Waals surface area contributed by atoms with Gasteiger partial charge in [0.15, 0.2) is 11.4 Å². The largest absolute Gasteiger partial charge is 0.510 e. The van der Waals surface area contributed by atoms with Crippen molar-refractivity contribution in [2.45, 2.75) is 30.6 Å². The molecular weight excluding hydrogens is 470 g/mol. The minimum atomic E-state index is -2.93. The number of benzene rings is 1. The van der Waals surface area contributed by atoms with Crippen LogP contribution in [0, 0.1) is 11.8 Å². The number of Topliss-reactive ketones (excluding diaryl/α,β-unsaturated/α-hetero) is 2. The highest BCUT2D eigenvalue weighted by Crippen LogP contribution is 2.55. The molecule has 0 spiro atoms. The third kappa shape index (κ3) is 3.13. The molecule has 6 atom stereocenters. The summed E-state index contributed by atoms with van der Waals surface area (Å²) < 4.78 is 0. The number of nitrogens with zero attached hydrogens (tertiary/aromatic N) is 1. The van der Waals surface area contributed by atoms with E-state index in [2.05, 4.69) is 11.9 Å². The van der Waals surface area contributed by atoms with Gasteiger partial charge < -0.3 is 36.6 Å². The summed E-state index contributed by atoms with van der Waals surface area (Å²) in [6.07, 6.45) is -0.0719. The van der Waals surface area contributed by atoms with Crippen LogP contribution in [0.2, 0.25) is 0 Å². The minimum absolute atomic E-state index is 0.149. The van der Waals surface area contributed by atoms with Gasteiger partial charge in [-0.25, -0.2) is 0 Å². The van der Waals surface area contributed by atoms with Crippen molar-refractivity contribution in [3.05, 3.63) is 58.6 Å². The second-order valence-corrected chi connectivity index (χ2v) is 9.65. The van der Waals surface area contributed by atoms with E-state index in [0.29, 0.717) is 12.1 Å². The third-order valence-electron chi connectivity index (χ3n) is 7.57. The van der Waals surface area contributed by atoms with Crippen LogP contribution in [0.5, 0.6) is 5.75 Å². The van der Waals surface area contributed by atoms with Crippen LogP contribution in [-0.4, -0.2) is 86.3 Å². The number of aromatic hydroxyl groups is 1. The maximum atomic E-state index is 13.7. The summed E-state index contributed by atoms with van der Waals surface area (Å²) in [5.41, 5.74) is 1.47. The van der Waals surface area contributed by atoms with Crippen LogP contribution in [0.25, 0.3) is 0 Å². The summed E-state index contributed by atoms with van der Waals surface area (Å²) in [5, 5.41) is 59.1. The number of nitrogens with one attached hydrogen (secondary N) is 1. The summed E-state index contributed by atoms with van der Waals surface area (Å²) in [4.78, 5) is 40.5. The Hall–Kier alpha value is -3.67. The first kappa shape index (κ1) is 25.4. The number of ketones is 2. The number of fused-ring (bicyclic) bond motifs is 3. The molecule has 11 nitrogen and oxygen atoms in total. The van der Waals surface area contributed by atoms with Gasteiger partial charge in [0.1, 0.15) is 22.8 Å². The van der Waals surface area contributed by atoms with Gasteiger partial charge in [-0.2, -0.15) is 0 Å². The summed E-state index contributed by atoms with van der Waals surface area (Å²) in [6, 6.07) is 1.89. The molecule has 3 aliphatic rings. The molecule has 0 radical (unpaired) electrons. The average Bonchev–Trinajstić information content (AvgIpc) is 2.80.